The molecule has 2 aromatic rings. The lowest BCUT2D eigenvalue weighted by Gasteiger charge is -2.31. The number of hydrogen-bond donors (Lipinski definition) is 3. The number of nitrogens with zero attached hydrogens (tertiary/aromatic N) is 1. The number of hydrogen-bond acceptors (Lipinski definition) is 5. The molecule has 1 fully saturated rings. The van der Waals surface area contributed by atoms with E-state index < -0.39 is 5.54 Å². The van der Waals surface area contributed by atoms with Crippen molar-refractivity contribution in [1.82, 2.24) is 10.3 Å². The van der Waals surface area contributed by atoms with Gasteiger partial charge in [-0.25, -0.2) is 0 Å². The van der Waals surface area contributed by atoms with Crippen molar-refractivity contribution in [2.45, 2.75) is 24.9 Å². The molecule has 0 aliphatic carbocycles. The van der Waals surface area contributed by atoms with Gasteiger partial charge in [-0.15, -0.1) is 0 Å². The summed E-state index contributed by atoms with van der Waals surface area (Å²) in [6.45, 7) is 1.41. The van der Waals surface area contributed by atoms with E-state index in [0.717, 1.165) is 5.56 Å². The van der Waals surface area contributed by atoms with E-state index in [2.05, 4.69) is 15.6 Å². The predicted octanol–water partition coefficient (Wildman–Crippen LogP) is 1.46. The summed E-state index contributed by atoms with van der Waals surface area (Å²) in [5, 5.41) is 5.70. The molecule has 136 valence electrons. The van der Waals surface area contributed by atoms with E-state index >= 15 is 0 Å². The molecule has 0 atom stereocenters. The number of nitrogens with two attached hydrogens (primary N) is 1. The van der Waals surface area contributed by atoms with Crippen molar-refractivity contribution < 1.29 is 14.3 Å². The Hall–Kier alpha value is -2.77. The molecule has 7 heteroatoms. The van der Waals surface area contributed by atoms with Crippen molar-refractivity contribution >= 4 is 17.5 Å². The normalized spacial score (nSPS) is 15.9. The molecule has 0 spiro atoms. The first-order valence-electron chi connectivity index (χ1n) is 8.52. The molecule has 1 aliphatic rings. The first-order valence-corrected chi connectivity index (χ1v) is 8.52. The summed E-state index contributed by atoms with van der Waals surface area (Å²) in [5.74, 6) is -0.353. The van der Waals surface area contributed by atoms with Crippen LogP contribution in [0.2, 0.25) is 0 Å². The summed E-state index contributed by atoms with van der Waals surface area (Å²) in [4.78, 5) is 28.3. The molecule has 1 aromatic heterocycles. The van der Waals surface area contributed by atoms with Crippen LogP contribution < -0.4 is 16.4 Å². The quantitative estimate of drug-likeness (QED) is 0.754. The van der Waals surface area contributed by atoms with Gasteiger partial charge in [0.05, 0.1) is 5.54 Å². The third-order valence-electron chi connectivity index (χ3n) is 4.44. The zero-order valence-electron chi connectivity index (χ0n) is 14.4. The van der Waals surface area contributed by atoms with E-state index in [0.29, 0.717) is 43.9 Å². The smallest absolute Gasteiger partial charge is 0.255 e. The number of ether oxygens (including phenoxy) is 1. The first kappa shape index (κ1) is 18.0. The molecule has 0 saturated carbocycles. The SMILES string of the molecule is NC1(C(=O)NCc2ccc(NC(=O)c3ccncc3)cc2)CCOCC1. The summed E-state index contributed by atoms with van der Waals surface area (Å²) >= 11 is 0. The van der Waals surface area contributed by atoms with Crippen molar-refractivity contribution in [3.05, 3.63) is 59.9 Å². The third kappa shape index (κ3) is 4.44. The number of anilines is 1. The molecule has 1 saturated heterocycles. The van der Waals surface area contributed by atoms with E-state index in [1.54, 1.807) is 36.7 Å². The highest BCUT2D eigenvalue weighted by Crippen LogP contribution is 2.18. The van der Waals surface area contributed by atoms with Crippen molar-refractivity contribution in [2.24, 2.45) is 5.73 Å². The van der Waals surface area contributed by atoms with E-state index in [1.807, 2.05) is 12.1 Å². The minimum Gasteiger partial charge on any atom is -0.381 e. The predicted molar refractivity (Wildman–Crippen MR) is 97.5 cm³/mol. The Kier molecular flexibility index (Phi) is 5.60. The average molecular weight is 354 g/mol. The van der Waals surface area contributed by atoms with Gasteiger partial charge in [-0.05, 0) is 42.7 Å². The van der Waals surface area contributed by atoms with Gasteiger partial charge in [0.25, 0.3) is 5.91 Å². The molecule has 0 radical (unpaired) electrons. The minimum absolute atomic E-state index is 0.157. The van der Waals surface area contributed by atoms with Crippen LogP contribution in [0.4, 0.5) is 5.69 Å². The number of carbonyl (C=O) groups excluding carboxylic acids is 2. The number of aromatic nitrogens is 1. The summed E-state index contributed by atoms with van der Waals surface area (Å²) in [5.41, 5.74) is 7.46. The number of amides is 2. The maximum atomic E-state index is 12.3. The van der Waals surface area contributed by atoms with Crippen molar-refractivity contribution in [3.8, 4) is 0 Å². The monoisotopic (exact) mass is 354 g/mol. The van der Waals surface area contributed by atoms with Gasteiger partial charge >= 0.3 is 0 Å². The second kappa shape index (κ2) is 8.07. The Morgan fingerprint density at radius 3 is 2.38 bits per heavy atom. The van der Waals surface area contributed by atoms with Crippen LogP contribution in [0, 0.1) is 0 Å². The van der Waals surface area contributed by atoms with E-state index in [9.17, 15) is 9.59 Å². The van der Waals surface area contributed by atoms with Gasteiger partial charge in [0.15, 0.2) is 0 Å². The topological polar surface area (TPSA) is 106 Å². The molecule has 1 aliphatic heterocycles. The highest BCUT2D eigenvalue weighted by atomic mass is 16.5. The second-order valence-corrected chi connectivity index (χ2v) is 6.34. The van der Waals surface area contributed by atoms with E-state index in [4.69, 9.17) is 10.5 Å². The zero-order valence-corrected chi connectivity index (χ0v) is 14.4. The molecule has 3 rings (SSSR count). The minimum atomic E-state index is -0.850. The molecule has 1 aromatic carbocycles. The van der Waals surface area contributed by atoms with Crippen LogP contribution >= 0.6 is 0 Å². The molecule has 7 nitrogen and oxygen atoms in total. The van der Waals surface area contributed by atoms with Crippen LogP contribution in [-0.2, 0) is 16.1 Å². The summed E-state index contributed by atoms with van der Waals surface area (Å²) in [7, 11) is 0. The average Bonchev–Trinajstić information content (AvgIpc) is 2.68. The Morgan fingerprint density at radius 2 is 1.73 bits per heavy atom. The first-order chi connectivity index (χ1) is 12.6. The number of rotatable bonds is 5. The molecule has 4 N–H and O–H groups in total. The highest BCUT2D eigenvalue weighted by Gasteiger charge is 2.35. The van der Waals surface area contributed by atoms with Gasteiger partial charge in [0.2, 0.25) is 5.91 Å². The van der Waals surface area contributed by atoms with Crippen molar-refractivity contribution in [1.29, 1.82) is 0 Å². The maximum Gasteiger partial charge on any atom is 0.255 e. The number of carbonyl (C=O) groups is 2. The molecular weight excluding hydrogens is 332 g/mol. The van der Waals surface area contributed by atoms with Crippen LogP contribution in [0.15, 0.2) is 48.8 Å². The largest absolute Gasteiger partial charge is 0.381 e. The Balaban J connectivity index is 1.53. The summed E-state index contributed by atoms with van der Waals surface area (Å²) in [6.07, 6.45) is 4.20. The van der Waals surface area contributed by atoms with Gasteiger partial charge in [0.1, 0.15) is 0 Å². The third-order valence-corrected chi connectivity index (χ3v) is 4.44. The fourth-order valence-corrected chi connectivity index (χ4v) is 2.73. The molecular formula is C19H22N4O3. The maximum absolute atomic E-state index is 12.3. The number of nitrogens with one attached hydrogen (secondary N) is 2. The Labute approximate surface area is 151 Å². The van der Waals surface area contributed by atoms with E-state index in [1.165, 1.54) is 0 Å². The van der Waals surface area contributed by atoms with Crippen molar-refractivity contribution in [3.63, 3.8) is 0 Å². The molecule has 0 bridgehead atoms. The second-order valence-electron chi connectivity index (χ2n) is 6.34. The highest BCUT2D eigenvalue weighted by molar-refractivity contribution is 6.04. The standard InChI is InChI=1S/C19H22N4O3/c20-19(7-11-26-12-8-19)18(25)22-13-14-1-3-16(4-2-14)23-17(24)15-5-9-21-10-6-15/h1-6,9-10H,7-8,11-13,20H2,(H,22,25)(H,23,24). The van der Waals surface area contributed by atoms with Crippen LogP contribution in [0.5, 0.6) is 0 Å². The summed E-state index contributed by atoms with van der Waals surface area (Å²) in [6, 6.07) is 10.6. The van der Waals surface area contributed by atoms with Crippen LogP contribution in [-0.4, -0.2) is 35.6 Å². The van der Waals surface area contributed by atoms with Gasteiger partial charge in [0, 0.05) is 43.4 Å². The van der Waals surface area contributed by atoms with Gasteiger partial charge in [-0.1, -0.05) is 12.1 Å². The van der Waals surface area contributed by atoms with Crippen LogP contribution in [0.25, 0.3) is 0 Å². The lowest BCUT2D eigenvalue weighted by molar-refractivity contribution is -0.129. The Bertz CT molecular complexity index is 756. The number of pyridine rings is 1. The molecule has 0 unspecified atom stereocenters. The fourth-order valence-electron chi connectivity index (χ4n) is 2.73. The lowest BCUT2D eigenvalue weighted by atomic mass is 9.90. The molecule has 26 heavy (non-hydrogen) atoms. The van der Waals surface area contributed by atoms with E-state index in [-0.39, 0.29) is 11.8 Å². The zero-order chi connectivity index (χ0) is 18.4. The fraction of sp³-hybridized carbons (Fsp3) is 0.316. The lowest BCUT2D eigenvalue weighted by Crippen LogP contribution is -2.56. The summed E-state index contributed by atoms with van der Waals surface area (Å²) < 4.78 is 5.26. The molecule has 2 heterocycles. The van der Waals surface area contributed by atoms with Gasteiger partial charge in [-0.2, -0.15) is 0 Å². The Morgan fingerprint density at radius 1 is 1.08 bits per heavy atom. The van der Waals surface area contributed by atoms with Crippen LogP contribution in [0.1, 0.15) is 28.8 Å². The van der Waals surface area contributed by atoms with Gasteiger partial charge in [-0.3, -0.25) is 14.6 Å². The molecule has 2 amide bonds. The van der Waals surface area contributed by atoms with Crippen molar-refractivity contribution in [2.75, 3.05) is 18.5 Å². The van der Waals surface area contributed by atoms with Gasteiger partial charge < -0.3 is 21.1 Å². The number of benzene rings is 1. The van der Waals surface area contributed by atoms with Crippen LogP contribution in [0.3, 0.4) is 0 Å².